The van der Waals surface area contributed by atoms with E-state index in [0.717, 1.165) is 11.3 Å². The third-order valence-corrected chi connectivity index (χ3v) is 16.5. The summed E-state index contributed by atoms with van der Waals surface area (Å²) in [7, 11) is 1.00. The molecule has 0 spiro atoms. The lowest BCUT2D eigenvalue weighted by Gasteiger charge is -2.20. The summed E-state index contributed by atoms with van der Waals surface area (Å²) in [5.74, 6) is 0. The van der Waals surface area contributed by atoms with Crippen LogP contribution in [0.3, 0.4) is 0 Å². The summed E-state index contributed by atoms with van der Waals surface area (Å²) in [5, 5.41) is 22.9. The number of hydrogen-bond acceptors (Lipinski definition) is 3. The summed E-state index contributed by atoms with van der Waals surface area (Å²) in [6.07, 6.45) is 6.66. The van der Waals surface area contributed by atoms with E-state index in [9.17, 15) is 0 Å². The molecular weight excluding hydrogens is 731 g/mol. The van der Waals surface area contributed by atoms with E-state index in [4.69, 9.17) is 0 Å². The fourth-order valence-corrected chi connectivity index (χ4v) is 14.0. The molecule has 0 saturated carbocycles. The number of hydrazone groups is 1. The van der Waals surface area contributed by atoms with Crippen molar-refractivity contribution in [3.63, 3.8) is 0 Å². The van der Waals surface area contributed by atoms with Gasteiger partial charge in [0.05, 0.1) is 0 Å². The SMILES string of the molecule is C=NNC(Nc1ccc2c(c1)c1ccccc1p2-c1ccccc1)c1ccc2c(c1)c1ccccc1p2-c1ccccc1.Cn1c2c(c3ccccc31)C=CCC2. The van der Waals surface area contributed by atoms with Crippen LogP contribution in [0.4, 0.5) is 5.69 Å². The summed E-state index contributed by atoms with van der Waals surface area (Å²) in [5.41, 5.74) is 9.67. The highest BCUT2D eigenvalue weighted by atomic mass is 31.1. The molecule has 2 N–H and O–H groups in total. The average Bonchev–Trinajstić information content (AvgIpc) is 3.89. The molecular formula is C51H42N4P2. The Morgan fingerprint density at radius 3 is 1.77 bits per heavy atom. The number of benzene rings is 7. The van der Waals surface area contributed by atoms with Crippen molar-refractivity contribution in [1.29, 1.82) is 0 Å². The lowest BCUT2D eigenvalue weighted by atomic mass is 10.0. The number of aryl methyl sites for hydroxylation is 1. The Morgan fingerprint density at radius 2 is 1.12 bits per heavy atom. The van der Waals surface area contributed by atoms with E-state index in [1.54, 1.807) is 0 Å². The molecule has 57 heavy (non-hydrogen) atoms. The lowest BCUT2D eigenvalue weighted by Crippen LogP contribution is -2.23. The van der Waals surface area contributed by atoms with Gasteiger partial charge in [0.2, 0.25) is 0 Å². The molecule has 1 aliphatic rings. The van der Waals surface area contributed by atoms with Crippen molar-refractivity contribution in [2.45, 2.75) is 19.0 Å². The Balaban J connectivity index is 0.000000237. The third kappa shape index (κ3) is 6.23. The van der Waals surface area contributed by atoms with Crippen LogP contribution in [-0.4, -0.2) is 11.3 Å². The molecule has 0 fully saturated rings. The van der Waals surface area contributed by atoms with Crippen LogP contribution in [0, 0.1) is 0 Å². The number of allylic oxidation sites excluding steroid dienone is 1. The molecule has 6 heteroatoms. The lowest BCUT2D eigenvalue weighted by molar-refractivity contribution is 0.623. The summed E-state index contributed by atoms with van der Waals surface area (Å²) in [6, 6.07) is 61.8. The summed E-state index contributed by atoms with van der Waals surface area (Å²) in [4.78, 5) is 0. The number of aromatic nitrogens is 1. The zero-order chi connectivity index (χ0) is 38.3. The highest BCUT2D eigenvalue weighted by Crippen LogP contribution is 2.56. The molecule has 3 aromatic heterocycles. The number of nitrogens with one attached hydrogen (secondary N) is 2. The van der Waals surface area contributed by atoms with Gasteiger partial charge >= 0.3 is 0 Å². The van der Waals surface area contributed by atoms with Crippen molar-refractivity contribution < 1.29 is 0 Å². The van der Waals surface area contributed by atoms with Crippen molar-refractivity contribution in [3.05, 3.63) is 193 Å². The molecule has 3 atom stereocenters. The van der Waals surface area contributed by atoms with Gasteiger partial charge in [0.25, 0.3) is 0 Å². The van der Waals surface area contributed by atoms with Crippen molar-refractivity contribution >= 4 is 86.5 Å². The van der Waals surface area contributed by atoms with Gasteiger partial charge in [-0.3, -0.25) is 5.43 Å². The Bertz CT molecular complexity index is 3120. The van der Waals surface area contributed by atoms with E-state index in [0.29, 0.717) is 0 Å². The van der Waals surface area contributed by atoms with Crippen LogP contribution in [0.2, 0.25) is 0 Å². The van der Waals surface area contributed by atoms with Crippen LogP contribution in [0.1, 0.15) is 29.4 Å². The predicted octanol–water partition coefficient (Wildman–Crippen LogP) is 14.7. The smallest absolute Gasteiger partial charge is 0.139 e. The second kappa shape index (κ2) is 15.0. The minimum atomic E-state index is -0.586. The number of nitrogens with zero attached hydrogens (tertiary/aromatic N) is 2. The zero-order valence-corrected chi connectivity index (χ0v) is 33.6. The van der Waals surface area contributed by atoms with E-state index < -0.39 is 15.1 Å². The first-order chi connectivity index (χ1) is 28.2. The first-order valence-electron chi connectivity index (χ1n) is 19.6. The van der Waals surface area contributed by atoms with Crippen molar-refractivity contribution in [2.75, 3.05) is 5.32 Å². The minimum Gasteiger partial charge on any atom is -0.360 e. The molecule has 0 bridgehead atoms. The van der Waals surface area contributed by atoms with Gasteiger partial charge in [0.1, 0.15) is 6.17 Å². The summed E-state index contributed by atoms with van der Waals surface area (Å²) in [6.45, 7) is 3.76. The maximum Gasteiger partial charge on any atom is 0.139 e. The van der Waals surface area contributed by atoms with Crippen LogP contribution < -0.4 is 10.7 Å². The van der Waals surface area contributed by atoms with Crippen molar-refractivity contribution in [3.8, 4) is 10.6 Å². The molecule has 3 unspecified atom stereocenters. The van der Waals surface area contributed by atoms with Gasteiger partial charge in [-0.1, -0.05) is 161 Å². The number of anilines is 1. The summed E-state index contributed by atoms with van der Waals surface area (Å²) < 4.78 is 2.33. The second-order valence-corrected chi connectivity index (χ2v) is 18.9. The first kappa shape index (κ1) is 35.1. The van der Waals surface area contributed by atoms with Gasteiger partial charge in [-0.05, 0) is 87.0 Å². The quantitative estimate of drug-likeness (QED) is 0.0962. The van der Waals surface area contributed by atoms with Gasteiger partial charge in [-0.25, -0.2) is 0 Å². The normalized spacial score (nSPS) is 13.4. The van der Waals surface area contributed by atoms with Crippen molar-refractivity contribution in [1.82, 2.24) is 9.99 Å². The van der Waals surface area contributed by atoms with Gasteiger partial charge in [-0.2, -0.15) is 5.10 Å². The second-order valence-electron chi connectivity index (χ2n) is 14.6. The molecule has 0 aliphatic heterocycles. The predicted molar refractivity (Wildman–Crippen MR) is 250 cm³/mol. The van der Waals surface area contributed by atoms with Gasteiger partial charge in [-0.15, -0.1) is 0 Å². The van der Waals surface area contributed by atoms with Gasteiger partial charge in [0.15, 0.2) is 0 Å². The van der Waals surface area contributed by atoms with Gasteiger partial charge in [0, 0.05) is 62.1 Å². The molecule has 1 aliphatic carbocycles. The van der Waals surface area contributed by atoms with E-state index >= 15 is 0 Å². The minimum absolute atomic E-state index is 0.233. The topological polar surface area (TPSA) is 41.4 Å². The third-order valence-electron chi connectivity index (χ3n) is 11.4. The maximum atomic E-state index is 4.11. The average molecular weight is 773 g/mol. The Kier molecular flexibility index (Phi) is 9.23. The van der Waals surface area contributed by atoms with Crippen LogP contribution in [0.15, 0.2) is 181 Å². The van der Waals surface area contributed by atoms with Crippen molar-refractivity contribution in [2.24, 2.45) is 12.1 Å². The van der Waals surface area contributed by atoms with E-state index in [1.165, 1.54) is 87.6 Å². The van der Waals surface area contributed by atoms with Crippen LogP contribution in [0.25, 0.3) is 69.6 Å². The largest absolute Gasteiger partial charge is 0.360 e. The molecule has 3 heterocycles. The number of rotatable bonds is 7. The monoisotopic (exact) mass is 772 g/mol. The first-order valence-corrected chi connectivity index (χ1v) is 22.2. The highest BCUT2D eigenvalue weighted by Gasteiger charge is 2.19. The molecule has 4 nitrogen and oxygen atoms in total. The maximum absolute atomic E-state index is 4.11. The zero-order valence-electron chi connectivity index (χ0n) is 31.8. The Labute approximate surface area is 334 Å². The fraction of sp³-hybridized carbons (Fsp3) is 0.0784. The highest BCUT2D eigenvalue weighted by molar-refractivity contribution is 7.68. The molecule has 7 aromatic carbocycles. The molecule has 10 aromatic rings. The van der Waals surface area contributed by atoms with E-state index in [2.05, 4.69) is 216 Å². The Morgan fingerprint density at radius 1 is 0.579 bits per heavy atom. The van der Waals surface area contributed by atoms with E-state index in [-0.39, 0.29) is 6.17 Å². The number of fused-ring (bicyclic) bond motifs is 9. The van der Waals surface area contributed by atoms with Crippen LogP contribution in [0.5, 0.6) is 0 Å². The van der Waals surface area contributed by atoms with Crippen LogP contribution >= 0.6 is 15.1 Å². The standard InChI is InChI=1S/C38H29N3P2.C13H13N/c1-39-41-38(26-20-22-36-32(24-26)30-16-8-10-18-34(30)42(36)28-12-4-2-5-13-28)40-27-21-23-37-33(25-27)31-17-9-11-19-35(31)43(37)29-14-6-3-7-15-29;1-14-12-8-4-2-6-10(12)11-7-3-5-9-13(11)14/h2-25,38,40-41H,1H2;2-4,6-8H,5,9H2,1H3. The van der Waals surface area contributed by atoms with Gasteiger partial charge < -0.3 is 9.88 Å². The molecule has 276 valence electrons. The number of para-hydroxylation sites is 1. The molecule has 0 saturated heterocycles. The Hall–Kier alpha value is -6.31. The molecule has 0 amide bonds. The number of hydrogen-bond donors (Lipinski definition) is 2. The van der Waals surface area contributed by atoms with E-state index in [1.807, 2.05) is 0 Å². The summed E-state index contributed by atoms with van der Waals surface area (Å²) >= 11 is 0. The molecule has 11 rings (SSSR count). The van der Waals surface area contributed by atoms with Crippen LogP contribution in [-0.2, 0) is 13.5 Å². The fourth-order valence-electron chi connectivity index (χ4n) is 8.78. The molecule has 0 radical (unpaired) electrons.